The van der Waals surface area contributed by atoms with Gasteiger partial charge in [0.2, 0.25) is 0 Å². The number of rotatable bonds is 8. The predicted octanol–water partition coefficient (Wildman–Crippen LogP) is 5.35. The molecule has 1 radical (unpaired) electrons. The Labute approximate surface area is 183 Å². The summed E-state index contributed by atoms with van der Waals surface area (Å²) in [4.78, 5) is 0. The average molecular weight is 439 g/mol. The van der Waals surface area contributed by atoms with E-state index in [2.05, 4.69) is 45.1 Å². The maximum atomic E-state index is 10.4. The van der Waals surface area contributed by atoms with Gasteiger partial charge in [0.25, 0.3) is 0 Å². The van der Waals surface area contributed by atoms with E-state index >= 15 is 0 Å². The molecule has 0 aromatic heterocycles. The number of unbranched alkanes of at least 4 members (excludes halogenated alkanes) is 1. The van der Waals surface area contributed by atoms with Gasteiger partial charge in [0.15, 0.2) is 0 Å². The monoisotopic (exact) mass is 438 g/mol. The van der Waals surface area contributed by atoms with Gasteiger partial charge in [-0.05, 0) is 42.4 Å². The molecule has 0 spiro atoms. The van der Waals surface area contributed by atoms with Gasteiger partial charge >= 0.3 is 0 Å². The van der Waals surface area contributed by atoms with Gasteiger partial charge in [-0.2, -0.15) is 6.42 Å². The summed E-state index contributed by atoms with van der Waals surface area (Å²) in [5, 5.41) is 10.4. The van der Waals surface area contributed by atoms with Crippen LogP contribution < -0.4 is 4.74 Å². The maximum absolute atomic E-state index is 10.4. The van der Waals surface area contributed by atoms with Crippen LogP contribution in [0.2, 0.25) is 0 Å². The Bertz CT molecular complexity index is 532. The molecule has 1 aliphatic carbocycles. The molecule has 0 unspecified atom stereocenters. The fraction of sp³-hybridized carbons (Fsp3) is 0.571. The minimum absolute atomic E-state index is 0. The second kappa shape index (κ2) is 11.7. The van der Waals surface area contributed by atoms with E-state index in [-0.39, 0.29) is 56.0 Å². The normalized spacial score (nSPS) is 26.2. The third-order valence-electron chi connectivity index (χ3n) is 4.89. The summed E-state index contributed by atoms with van der Waals surface area (Å²) < 4.78 is 6.00. The number of halogens is 1. The van der Waals surface area contributed by atoms with Gasteiger partial charge in [0.1, 0.15) is 5.75 Å². The Hall–Kier alpha value is 0.114. The summed E-state index contributed by atoms with van der Waals surface area (Å²) in [7, 11) is 0. The smallest absolute Gasteiger partial charge is 0.119 e. The van der Waals surface area contributed by atoms with Crippen LogP contribution in [-0.4, -0.2) is 23.2 Å². The van der Waals surface area contributed by atoms with E-state index in [1.54, 1.807) is 0 Å². The van der Waals surface area contributed by atoms with Crippen LogP contribution in [0, 0.1) is 18.8 Å². The number of hydrogen-bond acceptors (Lipinski definition) is 2. The minimum atomic E-state index is -0.382. The van der Waals surface area contributed by atoms with Crippen molar-refractivity contribution < 1.29 is 42.6 Å². The quantitative estimate of drug-likeness (QED) is 0.337. The first kappa shape index (κ1) is 23.2. The molecule has 0 heterocycles. The molecular weight excluding hydrogens is 409 g/mol. The van der Waals surface area contributed by atoms with E-state index in [1.165, 1.54) is 5.56 Å². The number of alkyl halides is 1. The van der Waals surface area contributed by atoms with E-state index in [4.69, 9.17) is 16.3 Å². The molecule has 4 heteroatoms. The van der Waals surface area contributed by atoms with Gasteiger partial charge in [0.05, 0.1) is 12.7 Å². The number of allylic oxidation sites excluding steroid dienone is 2. The number of hydrogen-bond donors (Lipinski definition) is 1. The summed E-state index contributed by atoms with van der Waals surface area (Å²) in [6.45, 7) is 8.70. The third kappa shape index (κ3) is 6.98. The summed E-state index contributed by atoms with van der Waals surface area (Å²) in [6, 6.07) is 8.22. The van der Waals surface area contributed by atoms with Crippen LogP contribution in [-0.2, 0) is 32.7 Å². The molecule has 2 nitrogen and oxygen atoms in total. The van der Waals surface area contributed by atoms with E-state index in [1.807, 2.05) is 12.1 Å². The molecule has 0 saturated heterocycles. The molecule has 1 aromatic rings. The molecule has 137 valence electrons. The van der Waals surface area contributed by atoms with Crippen LogP contribution in [0.15, 0.2) is 36.4 Å². The van der Waals surface area contributed by atoms with Crippen molar-refractivity contribution in [3.8, 4) is 5.75 Å². The molecule has 4 atom stereocenters. The summed E-state index contributed by atoms with van der Waals surface area (Å²) in [6.07, 6.45) is 7.40. The van der Waals surface area contributed by atoms with Crippen LogP contribution in [0.3, 0.4) is 0 Å². The van der Waals surface area contributed by atoms with Crippen LogP contribution in [0.25, 0.3) is 0 Å². The molecule has 25 heavy (non-hydrogen) atoms. The first-order chi connectivity index (χ1) is 11.5. The summed E-state index contributed by atoms with van der Waals surface area (Å²) in [5.74, 6) is 1.69. The van der Waals surface area contributed by atoms with Gasteiger partial charge in [-0.1, -0.05) is 44.6 Å². The van der Waals surface area contributed by atoms with Crippen molar-refractivity contribution in [3.63, 3.8) is 0 Å². The number of benzene rings is 1. The van der Waals surface area contributed by atoms with Gasteiger partial charge < -0.3 is 16.8 Å². The number of aliphatic hydroxyl groups is 1. The zero-order chi connectivity index (χ0) is 17.5. The van der Waals surface area contributed by atoms with Crippen LogP contribution in [0.4, 0.5) is 0 Å². The van der Waals surface area contributed by atoms with Crippen molar-refractivity contribution in [3.05, 3.63) is 48.9 Å². The van der Waals surface area contributed by atoms with Crippen molar-refractivity contribution in [1.82, 2.24) is 0 Å². The average Bonchev–Trinajstić information content (AvgIpc) is 2.83. The van der Waals surface area contributed by atoms with E-state index in [0.717, 1.165) is 25.0 Å². The fourth-order valence-electron chi connectivity index (χ4n) is 3.34. The second-order valence-electron chi connectivity index (χ2n) is 7.03. The molecule has 1 saturated carbocycles. The zero-order valence-electron chi connectivity index (χ0n) is 15.4. The molecule has 0 bridgehead atoms. The van der Waals surface area contributed by atoms with Crippen LogP contribution in [0.1, 0.15) is 51.0 Å². The topological polar surface area (TPSA) is 29.5 Å². The Morgan fingerprint density at radius 1 is 1.32 bits per heavy atom. The molecule has 0 aliphatic heterocycles. The van der Waals surface area contributed by atoms with E-state index in [0.29, 0.717) is 18.9 Å². The van der Waals surface area contributed by atoms with Crippen LogP contribution >= 0.6 is 11.6 Å². The van der Waals surface area contributed by atoms with E-state index < -0.39 is 0 Å². The predicted molar refractivity (Wildman–Crippen MR) is 102 cm³/mol. The van der Waals surface area contributed by atoms with Gasteiger partial charge in [-0.25, -0.2) is 0 Å². The van der Waals surface area contributed by atoms with Gasteiger partial charge in [0, 0.05) is 44.0 Å². The van der Waals surface area contributed by atoms with Gasteiger partial charge in [-0.15, -0.1) is 11.6 Å². The standard InChI is InChI=1S/C21H30ClO2.Y/c1-4-5-6-7-11-18-19(21(23)13-20(18)22)14-24-17-10-8-9-16(12-17)15(2)3;/h6-10,12,15,18-21,23H,1,4-5,11,13-14H2,2-3H3;/q-1;/b7-6-;/t18-,19-,20-,21-;/m1./s1. The summed E-state index contributed by atoms with van der Waals surface area (Å²) >= 11 is 6.47. The molecule has 1 N–H and O–H groups in total. The van der Waals surface area contributed by atoms with Crippen molar-refractivity contribution in [2.75, 3.05) is 6.61 Å². The van der Waals surface area contributed by atoms with Gasteiger partial charge in [-0.3, -0.25) is 0 Å². The summed E-state index contributed by atoms with van der Waals surface area (Å²) in [5.41, 5.74) is 1.27. The Morgan fingerprint density at radius 3 is 2.76 bits per heavy atom. The van der Waals surface area contributed by atoms with Crippen molar-refractivity contribution in [2.45, 2.75) is 56.9 Å². The molecule has 0 amide bonds. The maximum Gasteiger partial charge on any atom is 0.119 e. The Morgan fingerprint density at radius 2 is 2.08 bits per heavy atom. The van der Waals surface area contributed by atoms with Crippen molar-refractivity contribution in [1.29, 1.82) is 0 Å². The molecule has 1 fully saturated rings. The third-order valence-corrected chi connectivity index (χ3v) is 5.39. The Kier molecular flexibility index (Phi) is 10.9. The first-order valence-electron chi connectivity index (χ1n) is 9.02. The number of ether oxygens (including phenoxy) is 1. The largest absolute Gasteiger partial charge is 0.493 e. The Balaban J connectivity index is 0.00000312. The molecule has 2 rings (SSSR count). The van der Waals surface area contributed by atoms with Crippen molar-refractivity contribution >= 4 is 11.6 Å². The number of aliphatic hydroxyl groups excluding tert-OH is 1. The molecule has 1 aliphatic rings. The van der Waals surface area contributed by atoms with E-state index in [9.17, 15) is 5.11 Å². The van der Waals surface area contributed by atoms with Crippen LogP contribution in [0.5, 0.6) is 5.75 Å². The SMILES string of the molecule is [CH2-]CC/C=C\C[C@@H]1[C@@H](COc2cccc(C(C)C)c2)[C@H](O)C[C@H]1Cl.[Y]. The molecular formula is C21H30ClO2Y-. The minimum Gasteiger partial charge on any atom is -0.493 e. The van der Waals surface area contributed by atoms with Crippen molar-refractivity contribution in [2.24, 2.45) is 11.8 Å². The first-order valence-corrected chi connectivity index (χ1v) is 9.45. The fourth-order valence-corrected chi connectivity index (χ4v) is 3.81. The second-order valence-corrected chi connectivity index (χ2v) is 7.59. The molecule has 1 aromatic carbocycles. The zero-order valence-corrected chi connectivity index (χ0v) is 19.0.